The molecular formula is C17H21NO. The molecule has 2 nitrogen and oxygen atoms in total. The number of benzene rings is 2. The standard InChI is InChI=1S/C17H21NO/c18-17-9-3-5-14(13-17)10-11-16-7-2-1-6-15(16)8-4-12-19/h1-3,5-7,9,13,19H,4,8,10-12,18H2. The SMILES string of the molecule is Nc1cccc(CCc2ccccc2CCCO)c1. The topological polar surface area (TPSA) is 46.2 Å². The number of rotatable bonds is 6. The van der Waals surface area contributed by atoms with Gasteiger partial charge in [0, 0.05) is 12.3 Å². The van der Waals surface area contributed by atoms with Gasteiger partial charge in [-0.05, 0) is 54.5 Å². The highest BCUT2D eigenvalue weighted by Crippen LogP contribution is 2.15. The van der Waals surface area contributed by atoms with E-state index >= 15 is 0 Å². The third-order valence-electron chi connectivity index (χ3n) is 3.36. The molecule has 19 heavy (non-hydrogen) atoms. The summed E-state index contributed by atoms with van der Waals surface area (Å²) in [6.07, 6.45) is 3.80. The molecule has 0 bridgehead atoms. The lowest BCUT2D eigenvalue weighted by atomic mass is 9.97. The van der Waals surface area contributed by atoms with Crippen LogP contribution in [0.4, 0.5) is 5.69 Å². The Morgan fingerprint density at radius 3 is 2.26 bits per heavy atom. The molecule has 3 N–H and O–H groups in total. The normalized spacial score (nSPS) is 10.6. The largest absolute Gasteiger partial charge is 0.399 e. The van der Waals surface area contributed by atoms with Crippen LogP contribution in [-0.2, 0) is 19.3 Å². The van der Waals surface area contributed by atoms with Gasteiger partial charge < -0.3 is 10.8 Å². The minimum atomic E-state index is 0.254. The summed E-state index contributed by atoms with van der Waals surface area (Å²) in [5.41, 5.74) is 10.6. The van der Waals surface area contributed by atoms with Crippen LogP contribution in [-0.4, -0.2) is 11.7 Å². The van der Waals surface area contributed by atoms with E-state index in [4.69, 9.17) is 10.8 Å². The number of nitrogens with two attached hydrogens (primary N) is 1. The van der Waals surface area contributed by atoms with Gasteiger partial charge in [0.1, 0.15) is 0 Å². The van der Waals surface area contributed by atoms with Gasteiger partial charge >= 0.3 is 0 Å². The van der Waals surface area contributed by atoms with Gasteiger partial charge in [-0.2, -0.15) is 0 Å². The van der Waals surface area contributed by atoms with Gasteiger partial charge in [-0.1, -0.05) is 36.4 Å². The first-order valence-corrected chi connectivity index (χ1v) is 6.81. The lowest BCUT2D eigenvalue weighted by molar-refractivity contribution is 0.288. The first-order valence-electron chi connectivity index (χ1n) is 6.81. The Labute approximate surface area is 114 Å². The highest BCUT2D eigenvalue weighted by molar-refractivity contribution is 5.41. The molecule has 0 aliphatic heterocycles. The van der Waals surface area contributed by atoms with Crippen LogP contribution in [0.1, 0.15) is 23.1 Å². The highest BCUT2D eigenvalue weighted by atomic mass is 16.2. The van der Waals surface area contributed by atoms with Crippen LogP contribution in [0.5, 0.6) is 0 Å². The number of anilines is 1. The summed E-state index contributed by atoms with van der Waals surface area (Å²) >= 11 is 0. The molecule has 0 aliphatic rings. The van der Waals surface area contributed by atoms with Gasteiger partial charge in [-0.15, -0.1) is 0 Å². The maximum Gasteiger partial charge on any atom is 0.0434 e. The predicted octanol–water partition coefficient (Wildman–Crippen LogP) is 2.98. The van der Waals surface area contributed by atoms with Gasteiger partial charge in [-0.25, -0.2) is 0 Å². The monoisotopic (exact) mass is 255 g/mol. The van der Waals surface area contributed by atoms with E-state index in [2.05, 4.69) is 30.3 Å². The van der Waals surface area contributed by atoms with Crippen molar-refractivity contribution in [1.82, 2.24) is 0 Å². The lowest BCUT2D eigenvalue weighted by Crippen LogP contribution is -1.99. The molecule has 0 amide bonds. The first-order chi connectivity index (χ1) is 9.29. The molecule has 0 radical (unpaired) electrons. The average molecular weight is 255 g/mol. The maximum absolute atomic E-state index is 8.94. The van der Waals surface area contributed by atoms with E-state index in [0.717, 1.165) is 31.4 Å². The fourth-order valence-electron chi connectivity index (χ4n) is 2.34. The molecule has 0 unspecified atom stereocenters. The third-order valence-corrected chi connectivity index (χ3v) is 3.36. The van der Waals surface area contributed by atoms with Crippen molar-refractivity contribution < 1.29 is 5.11 Å². The molecule has 2 rings (SSSR count). The van der Waals surface area contributed by atoms with Crippen molar-refractivity contribution in [3.05, 3.63) is 65.2 Å². The average Bonchev–Trinajstić information content (AvgIpc) is 2.44. The molecule has 0 aliphatic carbocycles. The number of hydrogen-bond acceptors (Lipinski definition) is 2. The summed E-state index contributed by atoms with van der Waals surface area (Å²) in [4.78, 5) is 0. The number of hydrogen-bond donors (Lipinski definition) is 2. The van der Waals surface area contributed by atoms with Gasteiger partial charge in [-0.3, -0.25) is 0 Å². The molecule has 0 heterocycles. The zero-order valence-corrected chi connectivity index (χ0v) is 11.2. The molecule has 2 heteroatoms. The van der Waals surface area contributed by atoms with Crippen LogP contribution in [0.15, 0.2) is 48.5 Å². The number of aryl methyl sites for hydroxylation is 3. The highest BCUT2D eigenvalue weighted by Gasteiger charge is 2.02. The second-order valence-electron chi connectivity index (χ2n) is 4.84. The van der Waals surface area contributed by atoms with Crippen molar-refractivity contribution in [2.24, 2.45) is 0 Å². The van der Waals surface area contributed by atoms with Crippen LogP contribution < -0.4 is 5.73 Å². The Morgan fingerprint density at radius 1 is 0.842 bits per heavy atom. The van der Waals surface area contributed by atoms with Crippen molar-refractivity contribution in [2.75, 3.05) is 12.3 Å². The minimum absolute atomic E-state index is 0.254. The van der Waals surface area contributed by atoms with Gasteiger partial charge in [0.2, 0.25) is 0 Å². The second kappa shape index (κ2) is 6.95. The van der Waals surface area contributed by atoms with Crippen molar-refractivity contribution in [1.29, 1.82) is 0 Å². The Hall–Kier alpha value is -1.80. The number of aliphatic hydroxyl groups is 1. The summed E-state index contributed by atoms with van der Waals surface area (Å²) < 4.78 is 0. The molecule has 2 aromatic rings. The predicted molar refractivity (Wildman–Crippen MR) is 80.1 cm³/mol. The summed E-state index contributed by atoms with van der Waals surface area (Å²) in [5, 5.41) is 8.94. The summed E-state index contributed by atoms with van der Waals surface area (Å²) in [6.45, 7) is 0.254. The van der Waals surface area contributed by atoms with Crippen molar-refractivity contribution >= 4 is 5.69 Å². The third kappa shape index (κ3) is 4.11. The molecule has 0 saturated carbocycles. The van der Waals surface area contributed by atoms with Crippen LogP contribution in [0.25, 0.3) is 0 Å². The Morgan fingerprint density at radius 2 is 1.58 bits per heavy atom. The summed E-state index contributed by atoms with van der Waals surface area (Å²) in [5.74, 6) is 0. The van der Waals surface area contributed by atoms with E-state index in [1.165, 1.54) is 16.7 Å². The number of aliphatic hydroxyl groups excluding tert-OH is 1. The van der Waals surface area contributed by atoms with E-state index < -0.39 is 0 Å². The van der Waals surface area contributed by atoms with E-state index in [0.29, 0.717) is 0 Å². The van der Waals surface area contributed by atoms with Gasteiger partial charge in [0.15, 0.2) is 0 Å². The Balaban J connectivity index is 2.02. The molecule has 100 valence electrons. The fraction of sp³-hybridized carbons (Fsp3) is 0.294. The molecule has 0 atom stereocenters. The van der Waals surface area contributed by atoms with Crippen molar-refractivity contribution in [3.8, 4) is 0 Å². The molecule has 2 aromatic carbocycles. The first kappa shape index (κ1) is 13.6. The van der Waals surface area contributed by atoms with Crippen LogP contribution in [0.2, 0.25) is 0 Å². The van der Waals surface area contributed by atoms with E-state index in [1.54, 1.807) is 0 Å². The Bertz CT molecular complexity index is 522. The smallest absolute Gasteiger partial charge is 0.0434 e. The molecule has 0 saturated heterocycles. The number of nitrogen functional groups attached to an aromatic ring is 1. The maximum atomic E-state index is 8.94. The van der Waals surface area contributed by atoms with E-state index in [-0.39, 0.29) is 6.61 Å². The van der Waals surface area contributed by atoms with Crippen LogP contribution in [0, 0.1) is 0 Å². The van der Waals surface area contributed by atoms with Crippen LogP contribution in [0.3, 0.4) is 0 Å². The quantitative estimate of drug-likeness (QED) is 0.779. The Kier molecular flexibility index (Phi) is 4.99. The van der Waals surface area contributed by atoms with Crippen molar-refractivity contribution in [2.45, 2.75) is 25.7 Å². The summed E-state index contributed by atoms with van der Waals surface area (Å²) in [6, 6.07) is 16.6. The summed E-state index contributed by atoms with van der Waals surface area (Å²) in [7, 11) is 0. The molecular weight excluding hydrogens is 234 g/mol. The van der Waals surface area contributed by atoms with Gasteiger partial charge in [0.05, 0.1) is 0 Å². The molecule has 0 spiro atoms. The lowest BCUT2D eigenvalue weighted by Gasteiger charge is -2.09. The minimum Gasteiger partial charge on any atom is -0.399 e. The zero-order chi connectivity index (χ0) is 13.5. The molecule has 0 aromatic heterocycles. The van der Waals surface area contributed by atoms with Gasteiger partial charge in [0.25, 0.3) is 0 Å². The molecule has 0 fully saturated rings. The van der Waals surface area contributed by atoms with Crippen molar-refractivity contribution in [3.63, 3.8) is 0 Å². The van der Waals surface area contributed by atoms with E-state index in [1.807, 2.05) is 18.2 Å². The van der Waals surface area contributed by atoms with Crippen LogP contribution >= 0.6 is 0 Å². The van der Waals surface area contributed by atoms with E-state index in [9.17, 15) is 0 Å². The zero-order valence-electron chi connectivity index (χ0n) is 11.2. The fourth-order valence-corrected chi connectivity index (χ4v) is 2.34. The second-order valence-corrected chi connectivity index (χ2v) is 4.84.